The molecule has 1 heterocycles. The van der Waals surface area contributed by atoms with Crippen molar-refractivity contribution in [1.29, 1.82) is 0 Å². The SMILES string of the molecule is COCCNCCCc1nnc(C(F)(F)C(F)(F)F)s1. The maximum atomic E-state index is 13.0. The number of methoxy groups -OCH3 is 1. The summed E-state index contributed by atoms with van der Waals surface area (Å²) in [5, 5.41) is 8.18. The maximum Gasteiger partial charge on any atom is 0.460 e. The van der Waals surface area contributed by atoms with Gasteiger partial charge in [0.05, 0.1) is 6.61 Å². The molecule has 0 spiro atoms. The van der Waals surface area contributed by atoms with Gasteiger partial charge < -0.3 is 10.1 Å². The van der Waals surface area contributed by atoms with E-state index in [2.05, 4.69) is 15.5 Å². The van der Waals surface area contributed by atoms with Crippen molar-refractivity contribution < 1.29 is 26.7 Å². The first-order valence-corrected chi connectivity index (χ1v) is 6.57. The normalized spacial score (nSPS) is 12.9. The number of hydrogen-bond acceptors (Lipinski definition) is 5. The lowest BCUT2D eigenvalue weighted by Gasteiger charge is -2.15. The summed E-state index contributed by atoms with van der Waals surface area (Å²) in [6.07, 6.45) is -4.78. The lowest BCUT2D eigenvalue weighted by Crippen LogP contribution is -2.33. The topological polar surface area (TPSA) is 47.0 Å². The van der Waals surface area contributed by atoms with Crippen molar-refractivity contribution in [2.45, 2.75) is 24.9 Å². The van der Waals surface area contributed by atoms with E-state index in [1.807, 2.05) is 0 Å². The van der Waals surface area contributed by atoms with Crippen LogP contribution in [-0.4, -0.2) is 43.2 Å². The van der Waals surface area contributed by atoms with Crippen LogP contribution in [0, 0.1) is 0 Å². The molecule has 20 heavy (non-hydrogen) atoms. The van der Waals surface area contributed by atoms with Crippen molar-refractivity contribution in [1.82, 2.24) is 15.5 Å². The Bertz CT molecular complexity index is 410. The highest BCUT2D eigenvalue weighted by Gasteiger charge is 2.61. The van der Waals surface area contributed by atoms with Crippen LogP contribution in [0.3, 0.4) is 0 Å². The molecular formula is C10H14F5N3OS. The van der Waals surface area contributed by atoms with Gasteiger partial charge in [0.25, 0.3) is 0 Å². The average molecular weight is 319 g/mol. The van der Waals surface area contributed by atoms with Crippen LogP contribution in [0.4, 0.5) is 22.0 Å². The molecule has 0 aliphatic rings. The molecule has 0 atom stereocenters. The first kappa shape index (κ1) is 17.2. The summed E-state index contributed by atoms with van der Waals surface area (Å²) >= 11 is 0.290. The molecule has 0 saturated carbocycles. The summed E-state index contributed by atoms with van der Waals surface area (Å²) < 4.78 is 67.1. The minimum absolute atomic E-state index is 0.164. The largest absolute Gasteiger partial charge is 0.460 e. The predicted molar refractivity (Wildman–Crippen MR) is 62.9 cm³/mol. The number of alkyl halides is 5. The number of halogens is 5. The molecule has 1 rings (SSSR count). The molecule has 1 aromatic heterocycles. The lowest BCUT2D eigenvalue weighted by molar-refractivity contribution is -0.289. The summed E-state index contributed by atoms with van der Waals surface area (Å²) in [6, 6.07) is 0. The van der Waals surface area contributed by atoms with E-state index in [0.717, 1.165) is 0 Å². The standard InChI is InChI=1S/C10H14F5N3OS/c1-19-6-5-16-4-2-3-7-17-18-8(20-7)9(11,12)10(13,14)15/h16H,2-6H2,1H3. The number of aromatic nitrogens is 2. The van der Waals surface area contributed by atoms with Crippen molar-refractivity contribution in [3.8, 4) is 0 Å². The smallest absolute Gasteiger partial charge is 0.383 e. The Hall–Kier alpha value is -0.870. The molecule has 1 N–H and O–H groups in total. The fraction of sp³-hybridized carbons (Fsp3) is 0.800. The van der Waals surface area contributed by atoms with Crippen LogP contribution in [-0.2, 0) is 17.1 Å². The number of hydrogen-bond donors (Lipinski definition) is 1. The van der Waals surface area contributed by atoms with Crippen molar-refractivity contribution in [2.24, 2.45) is 0 Å². The van der Waals surface area contributed by atoms with Crippen molar-refractivity contribution in [2.75, 3.05) is 26.8 Å². The maximum absolute atomic E-state index is 13.0. The quantitative estimate of drug-likeness (QED) is 0.590. The minimum atomic E-state index is -5.65. The van der Waals surface area contributed by atoms with E-state index in [-0.39, 0.29) is 5.01 Å². The fourth-order valence-corrected chi connectivity index (χ4v) is 2.14. The third-order valence-electron chi connectivity index (χ3n) is 2.32. The Morgan fingerprint density at radius 2 is 1.85 bits per heavy atom. The second-order valence-electron chi connectivity index (χ2n) is 3.92. The summed E-state index contributed by atoms with van der Waals surface area (Å²) in [5.41, 5.74) is 0. The first-order chi connectivity index (χ1) is 9.29. The fourth-order valence-electron chi connectivity index (χ4n) is 1.27. The van der Waals surface area contributed by atoms with E-state index in [1.54, 1.807) is 7.11 Å². The number of rotatable bonds is 8. The van der Waals surface area contributed by atoms with Crippen LogP contribution in [0.1, 0.15) is 16.4 Å². The van der Waals surface area contributed by atoms with E-state index in [1.165, 1.54) is 0 Å². The van der Waals surface area contributed by atoms with E-state index in [0.29, 0.717) is 43.9 Å². The van der Waals surface area contributed by atoms with E-state index >= 15 is 0 Å². The summed E-state index contributed by atoms with van der Waals surface area (Å²) in [4.78, 5) is 0. The zero-order chi connectivity index (χ0) is 15.2. The molecule has 0 radical (unpaired) electrons. The molecule has 0 aliphatic heterocycles. The summed E-state index contributed by atoms with van der Waals surface area (Å²) in [6.45, 7) is 1.78. The van der Waals surface area contributed by atoms with E-state index in [9.17, 15) is 22.0 Å². The van der Waals surface area contributed by atoms with Crippen molar-refractivity contribution in [3.05, 3.63) is 10.0 Å². The van der Waals surface area contributed by atoms with Crippen LogP contribution in [0.5, 0.6) is 0 Å². The molecule has 0 amide bonds. The van der Waals surface area contributed by atoms with Crippen LogP contribution in [0.15, 0.2) is 0 Å². The summed E-state index contributed by atoms with van der Waals surface area (Å²) in [7, 11) is 1.56. The molecule has 116 valence electrons. The first-order valence-electron chi connectivity index (χ1n) is 5.76. The van der Waals surface area contributed by atoms with Crippen LogP contribution in [0.25, 0.3) is 0 Å². The number of nitrogens with one attached hydrogen (secondary N) is 1. The molecule has 0 fully saturated rings. The van der Waals surface area contributed by atoms with Crippen LogP contribution < -0.4 is 5.32 Å². The van der Waals surface area contributed by atoms with Gasteiger partial charge in [-0.2, -0.15) is 22.0 Å². The van der Waals surface area contributed by atoms with Crippen molar-refractivity contribution in [3.63, 3.8) is 0 Å². The third kappa shape index (κ3) is 4.60. The highest BCUT2D eigenvalue weighted by atomic mass is 32.1. The monoisotopic (exact) mass is 319 g/mol. The van der Waals surface area contributed by atoms with Gasteiger partial charge in [0.15, 0.2) is 5.01 Å². The average Bonchev–Trinajstić information content (AvgIpc) is 2.81. The lowest BCUT2D eigenvalue weighted by atomic mass is 10.3. The van der Waals surface area contributed by atoms with Gasteiger partial charge in [0, 0.05) is 20.1 Å². The summed E-state index contributed by atoms with van der Waals surface area (Å²) in [5.74, 6) is -4.94. The molecule has 0 saturated heterocycles. The number of ether oxygens (including phenoxy) is 1. The van der Waals surface area contributed by atoms with Gasteiger partial charge in [-0.25, -0.2) is 0 Å². The molecule has 0 bridgehead atoms. The highest BCUT2D eigenvalue weighted by Crippen LogP contribution is 2.44. The Labute approximate surface area is 116 Å². The van der Waals surface area contributed by atoms with Crippen LogP contribution in [0.2, 0.25) is 0 Å². The second-order valence-corrected chi connectivity index (χ2v) is 4.98. The molecule has 0 aromatic carbocycles. The van der Waals surface area contributed by atoms with Gasteiger partial charge in [-0.15, -0.1) is 10.2 Å². The van der Waals surface area contributed by atoms with E-state index in [4.69, 9.17) is 4.74 Å². The van der Waals surface area contributed by atoms with Crippen molar-refractivity contribution >= 4 is 11.3 Å². The zero-order valence-electron chi connectivity index (χ0n) is 10.6. The third-order valence-corrected chi connectivity index (χ3v) is 3.37. The Kier molecular flexibility index (Phi) is 6.21. The minimum Gasteiger partial charge on any atom is -0.383 e. The molecule has 10 heteroatoms. The Balaban J connectivity index is 2.44. The van der Waals surface area contributed by atoms with Crippen LogP contribution >= 0.6 is 11.3 Å². The Morgan fingerprint density at radius 1 is 1.15 bits per heavy atom. The molecular weight excluding hydrogens is 305 g/mol. The van der Waals surface area contributed by atoms with Gasteiger partial charge in [-0.3, -0.25) is 0 Å². The highest BCUT2D eigenvalue weighted by molar-refractivity contribution is 7.11. The molecule has 1 aromatic rings. The molecule has 0 aliphatic carbocycles. The van der Waals surface area contributed by atoms with Gasteiger partial charge in [-0.1, -0.05) is 11.3 Å². The number of nitrogens with zero attached hydrogens (tertiary/aromatic N) is 2. The van der Waals surface area contributed by atoms with Gasteiger partial charge in [0.1, 0.15) is 5.01 Å². The molecule has 0 unspecified atom stereocenters. The van der Waals surface area contributed by atoms with Gasteiger partial charge in [0.2, 0.25) is 0 Å². The van der Waals surface area contributed by atoms with Gasteiger partial charge >= 0.3 is 12.1 Å². The number of aryl methyl sites for hydroxylation is 1. The predicted octanol–water partition coefficient (Wildman–Crippen LogP) is 2.36. The van der Waals surface area contributed by atoms with Gasteiger partial charge in [-0.05, 0) is 13.0 Å². The van der Waals surface area contributed by atoms with E-state index < -0.39 is 17.1 Å². The zero-order valence-corrected chi connectivity index (χ0v) is 11.5. The Morgan fingerprint density at radius 3 is 2.45 bits per heavy atom. The molecule has 4 nitrogen and oxygen atoms in total. The second kappa shape index (κ2) is 7.23.